The van der Waals surface area contributed by atoms with Gasteiger partial charge in [0.25, 0.3) is 0 Å². The van der Waals surface area contributed by atoms with Crippen molar-refractivity contribution < 1.29 is 17.9 Å². The van der Waals surface area contributed by atoms with E-state index in [9.17, 15) is 13.2 Å². The SMILES string of the molecule is Cc1ccccc1Cc1cnc2c(C(F)(F)F)cccc2c1-c1cccc(OCc2c(C)cccc2C)c1. The van der Waals surface area contributed by atoms with E-state index in [4.69, 9.17) is 4.74 Å². The molecule has 1 heterocycles. The molecule has 0 bridgehead atoms. The highest BCUT2D eigenvalue weighted by molar-refractivity contribution is 5.98. The number of para-hydroxylation sites is 1. The molecular weight excluding hydrogens is 483 g/mol. The lowest BCUT2D eigenvalue weighted by Crippen LogP contribution is -2.07. The van der Waals surface area contributed by atoms with E-state index < -0.39 is 11.7 Å². The van der Waals surface area contributed by atoms with Crippen LogP contribution in [0, 0.1) is 20.8 Å². The van der Waals surface area contributed by atoms with E-state index in [1.54, 1.807) is 12.3 Å². The average molecular weight is 512 g/mol. The highest BCUT2D eigenvalue weighted by Crippen LogP contribution is 2.40. The van der Waals surface area contributed by atoms with Crippen molar-refractivity contribution in [3.05, 3.63) is 130 Å². The molecule has 0 unspecified atom stereocenters. The lowest BCUT2D eigenvalue weighted by molar-refractivity contribution is -0.136. The number of fused-ring (bicyclic) bond motifs is 1. The van der Waals surface area contributed by atoms with Crippen LogP contribution in [-0.2, 0) is 19.2 Å². The summed E-state index contributed by atoms with van der Waals surface area (Å²) >= 11 is 0. The van der Waals surface area contributed by atoms with Crippen LogP contribution in [-0.4, -0.2) is 4.98 Å². The Morgan fingerprint density at radius 3 is 2.16 bits per heavy atom. The third-order valence-corrected chi connectivity index (χ3v) is 7.07. The molecule has 38 heavy (non-hydrogen) atoms. The Hall–Kier alpha value is -4.12. The van der Waals surface area contributed by atoms with Crippen molar-refractivity contribution in [2.24, 2.45) is 0 Å². The highest BCUT2D eigenvalue weighted by Gasteiger charge is 2.33. The first-order valence-electron chi connectivity index (χ1n) is 12.5. The van der Waals surface area contributed by atoms with Crippen LogP contribution in [0.4, 0.5) is 13.2 Å². The van der Waals surface area contributed by atoms with Gasteiger partial charge in [-0.05, 0) is 89.9 Å². The molecular formula is C33H28F3NO. The zero-order valence-electron chi connectivity index (χ0n) is 21.6. The Kier molecular flexibility index (Phi) is 6.94. The normalized spacial score (nSPS) is 11.6. The zero-order valence-corrected chi connectivity index (χ0v) is 21.6. The summed E-state index contributed by atoms with van der Waals surface area (Å²) < 4.78 is 47.8. The molecule has 0 aliphatic heterocycles. The predicted octanol–water partition coefficient (Wildman–Crippen LogP) is 9.02. The molecule has 0 N–H and O–H groups in total. The molecule has 0 atom stereocenters. The predicted molar refractivity (Wildman–Crippen MR) is 146 cm³/mol. The van der Waals surface area contributed by atoms with Gasteiger partial charge in [0.1, 0.15) is 12.4 Å². The number of aryl methyl sites for hydroxylation is 3. The number of benzene rings is 4. The van der Waals surface area contributed by atoms with Crippen LogP contribution in [0.15, 0.2) is 91.1 Å². The molecule has 2 nitrogen and oxygen atoms in total. The van der Waals surface area contributed by atoms with Gasteiger partial charge in [-0.1, -0.05) is 66.7 Å². The van der Waals surface area contributed by atoms with E-state index >= 15 is 0 Å². The van der Waals surface area contributed by atoms with E-state index in [1.165, 1.54) is 6.07 Å². The van der Waals surface area contributed by atoms with Gasteiger partial charge in [0.15, 0.2) is 0 Å². The second kappa shape index (κ2) is 10.3. The summed E-state index contributed by atoms with van der Waals surface area (Å²) in [4.78, 5) is 4.33. The summed E-state index contributed by atoms with van der Waals surface area (Å²) in [7, 11) is 0. The third-order valence-electron chi connectivity index (χ3n) is 7.07. The molecule has 5 rings (SSSR count). The van der Waals surface area contributed by atoms with Gasteiger partial charge in [0.2, 0.25) is 0 Å². The number of rotatable bonds is 6. The van der Waals surface area contributed by atoms with Crippen molar-refractivity contribution in [2.45, 2.75) is 40.0 Å². The molecule has 5 aromatic rings. The molecule has 0 radical (unpaired) electrons. The summed E-state index contributed by atoms with van der Waals surface area (Å²) in [5.41, 5.74) is 7.26. The lowest BCUT2D eigenvalue weighted by atomic mass is 9.91. The van der Waals surface area contributed by atoms with Gasteiger partial charge < -0.3 is 4.74 Å². The summed E-state index contributed by atoms with van der Waals surface area (Å²) in [5, 5.41) is 0.470. The number of hydrogen-bond donors (Lipinski definition) is 0. The van der Waals surface area contributed by atoms with E-state index in [-0.39, 0.29) is 5.52 Å². The van der Waals surface area contributed by atoms with Crippen LogP contribution in [0.3, 0.4) is 0 Å². The first-order chi connectivity index (χ1) is 18.2. The third kappa shape index (κ3) is 5.14. The number of ether oxygens (including phenoxy) is 1. The second-order valence-corrected chi connectivity index (χ2v) is 9.65. The largest absolute Gasteiger partial charge is 0.489 e. The molecule has 0 spiro atoms. The standard InChI is InChI=1S/C33H28F3NO/c1-21-9-4-5-12-24(21)17-26-19-37-32-28(15-8-16-30(32)33(34,35)36)31(26)25-13-7-14-27(18-25)38-20-29-22(2)10-6-11-23(29)3/h4-16,18-19H,17,20H2,1-3H3. The molecule has 4 aromatic carbocycles. The Balaban J connectivity index is 1.63. The van der Waals surface area contributed by atoms with Crippen molar-refractivity contribution >= 4 is 10.9 Å². The van der Waals surface area contributed by atoms with Crippen LogP contribution in [0.5, 0.6) is 5.75 Å². The van der Waals surface area contributed by atoms with E-state index in [2.05, 4.69) is 31.0 Å². The zero-order chi connectivity index (χ0) is 26.9. The number of nitrogens with zero attached hydrogens (tertiary/aromatic N) is 1. The Morgan fingerprint density at radius 2 is 1.42 bits per heavy atom. The van der Waals surface area contributed by atoms with Crippen LogP contribution in [0.2, 0.25) is 0 Å². The second-order valence-electron chi connectivity index (χ2n) is 9.65. The summed E-state index contributed by atoms with van der Waals surface area (Å²) in [6.07, 6.45) is -2.37. The molecule has 5 heteroatoms. The van der Waals surface area contributed by atoms with Gasteiger partial charge in [-0.2, -0.15) is 13.2 Å². The molecule has 0 aliphatic carbocycles. The van der Waals surface area contributed by atoms with Crippen molar-refractivity contribution in [1.82, 2.24) is 4.98 Å². The monoisotopic (exact) mass is 511 g/mol. The Bertz CT molecular complexity index is 1600. The average Bonchev–Trinajstić information content (AvgIpc) is 2.89. The first-order valence-corrected chi connectivity index (χ1v) is 12.5. The van der Waals surface area contributed by atoms with Gasteiger partial charge in [-0.3, -0.25) is 4.98 Å². The van der Waals surface area contributed by atoms with Gasteiger partial charge >= 0.3 is 6.18 Å². The van der Waals surface area contributed by atoms with Gasteiger partial charge in [-0.25, -0.2) is 0 Å². The van der Waals surface area contributed by atoms with Gasteiger partial charge in [-0.15, -0.1) is 0 Å². The Labute approximate surface area is 220 Å². The summed E-state index contributed by atoms with van der Waals surface area (Å²) in [5.74, 6) is 0.656. The molecule has 192 valence electrons. The van der Waals surface area contributed by atoms with Crippen molar-refractivity contribution in [3.8, 4) is 16.9 Å². The fourth-order valence-electron chi connectivity index (χ4n) is 4.96. The summed E-state index contributed by atoms with van der Waals surface area (Å²) in [6, 6.07) is 26.0. The van der Waals surface area contributed by atoms with Crippen LogP contribution >= 0.6 is 0 Å². The van der Waals surface area contributed by atoms with Crippen LogP contribution in [0.1, 0.15) is 38.9 Å². The van der Waals surface area contributed by atoms with Crippen molar-refractivity contribution in [3.63, 3.8) is 0 Å². The topological polar surface area (TPSA) is 22.1 Å². The van der Waals surface area contributed by atoms with Crippen LogP contribution in [0.25, 0.3) is 22.0 Å². The fraction of sp³-hybridized carbons (Fsp3) is 0.182. The maximum atomic E-state index is 13.9. The molecule has 0 aliphatic rings. The fourth-order valence-corrected chi connectivity index (χ4v) is 4.96. The number of halogens is 3. The number of hydrogen-bond acceptors (Lipinski definition) is 2. The van der Waals surface area contributed by atoms with Crippen molar-refractivity contribution in [2.75, 3.05) is 0 Å². The minimum Gasteiger partial charge on any atom is -0.489 e. The molecule has 0 saturated carbocycles. The van der Waals surface area contributed by atoms with Gasteiger partial charge in [0, 0.05) is 11.6 Å². The maximum Gasteiger partial charge on any atom is 0.418 e. The maximum absolute atomic E-state index is 13.9. The number of alkyl halides is 3. The van der Waals surface area contributed by atoms with E-state index in [0.29, 0.717) is 24.2 Å². The van der Waals surface area contributed by atoms with Gasteiger partial charge in [0.05, 0.1) is 11.1 Å². The minimum atomic E-state index is -4.50. The molecule has 0 fully saturated rings. The number of aromatic nitrogens is 1. The number of pyridine rings is 1. The summed E-state index contributed by atoms with van der Waals surface area (Å²) in [6.45, 7) is 6.56. The quantitative estimate of drug-likeness (QED) is 0.227. The first kappa shape index (κ1) is 25.5. The van der Waals surface area contributed by atoms with E-state index in [0.717, 1.165) is 50.6 Å². The van der Waals surface area contributed by atoms with Crippen LogP contribution < -0.4 is 4.74 Å². The Morgan fingerprint density at radius 1 is 0.737 bits per heavy atom. The minimum absolute atomic E-state index is 0.0506. The highest BCUT2D eigenvalue weighted by atomic mass is 19.4. The van der Waals surface area contributed by atoms with E-state index in [1.807, 2.05) is 61.5 Å². The molecule has 1 aromatic heterocycles. The molecule has 0 saturated heterocycles. The smallest absolute Gasteiger partial charge is 0.418 e. The molecule has 0 amide bonds. The lowest BCUT2D eigenvalue weighted by Gasteiger charge is -2.18. The van der Waals surface area contributed by atoms with Crippen molar-refractivity contribution in [1.29, 1.82) is 0 Å².